The van der Waals surface area contributed by atoms with Crippen LogP contribution in [-0.4, -0.2) is 34.8 Å². The molecule has 0 saturated carbocycles. The van der Waals surface area contributed by atoms with Crippen LogP contribution in [0.2, 0.25) is 0 Å². The summed E-state index contributed by atoms with van der Waals surface area (Å²) >= 11 is 0. The number of morpholine rings is 1. The molecule has 7 heteroatoms. The highest BCUT2D eigenvalue weighted by atomic mass is 35.5. The van der Waals surface area contributed by atoms with E-state index in [1.54, 1.807) is 12.4 Å². The number of aromatic nitrogens is 3. The fourth-order valence-corrected chi connectivity index (χ4v) is 1.70. The number of hydrogen-bond donors (Lipinski definition) is 1. The first-order valence-electron chi connectivity index (χ1n) is 5.50. The molecular weight excluding hydrogens is 256 g/mol. The highest BCUT2D eigenvalue weighted by Crippen LogP contribution is 2.20. The predicted molar refractivity (Wildman–Crippen MR) is 66.3 cm³/mol. The van der Waals surface area contributed by atoms with Crippen LogP contribution in [-0.2, 0) is 4.74 Å². The number of rotatable bonds is 2. The van der Waals surface area contributed by atoms with Crippen LogP contribution in [0.4, 0.5) is 0 Å². The van der Waals surface area contributed by atoms with E-state index in [2.05, 4.69) is 20.4 Å². The van der Waals surface area contributed by atoms with Gasteiger partial charge >= 0.3 is 0 Å². The van der Waals surface area contributed by atoms with Gasteiger partial charge in [-0.3, -0.25) is 4.98 Å². The van der Waals surface area contributed by atoms with Crippen LogP contribution in [0, 0.1) is 0 Å². The Kier molecular flexibility index (Phi) is 4.24. The molecule has 1 fully saturated rings. The number of pyridine rings is 1. The number of nitrogens with one attached hydrogen (secondary N) is 1. The Bertz CT molecular complexity index is 485. The average Bonchev–Trinajstić information content (AvgIpc) is 2.90. The largest absolute Gasteiger partial charge is 0.366 e. The van der Waals surface area contributed by atoms with Gasteiger partial charge in [-0.25, -0.2) is 0 Å². The van der Waals surface area contributed by atoms with Crippen molar-refractivity contribution < 1.29 is 9.26 Å². The van der Waals surface area contributed by atoms with E-state index in [0.29, 0.717) is 24.9 Å². The van der Waals surface area contributed by atoms with Crippen molar-refractivity contribution in [2.75, 3.05) is 19.7 Å². The van der Waals surface area contributed by atoms with Crippen LogP contribution in [0.5, 0.6) is 0 Å². The van der Waals surface area contributed by atoms with Gasteiger partial charge in [-0.2, -0.15) is 4.98 Å². The molecule has 3 rings (SSSR count). The third kappa shape index (κ3) is 2.66. The molecule has 1 atom stereocenters. The van der Waals surface area contributed by atoms with Crippen molar-refractivity contribution in [1.29, 1.82) is 0 Å². The second kappa shape index (κ2) is 5.90. The second-order valence-electron chi connectivity index (χ2n) is 3.76. The minimum absolute atomic E-state index is 0. The molecule has 0 aliphatic carbocycles. The van der Waals surface area contributed by atoms with Crippen LogP contribution in [0.1, 0.15) is 12.0 Å². The molecule has 0 bridgehead atoms. The Morgan fingerprint density at radius 2 is 2.33 bits per heavy atom. The molecule has 1 saturated heterocycles. The lowest BCUT2D eigenvalue weighted by atomic mass is 10.2. The van der Waals surface area contributed by atoms with Gasteiger partial charge in [0.1, 0.15) is 6.10 Å². The van der Waals surface area contributed by atoms with Crippen LogP contribution in [0.25, 0.3) is 11.4 Å². The van der Waals surface area contributed by atoms with E-state index in [4.69, 9.17) is 9.26 Å². The van der Waals surface area contributed by atoms with Crippen LogP contribution < -0.4 is 5.32 Å². The van der Waals surface area contributed by atoms with Crippen LogP contribution in [0.15, 0.2) is 29.0 Å². The zero-order chi connectivity index (χ0) is 11.5. The maximum absolute atomic E-state index is 5.54. The van der Waals surface area contributed by atoms with Crippen molar-refractivity contribution in [1.82, 2.24) is 20.4 Å². The van der Waals surface area contributed by atoms with Gasteiger partial charge in [-0.1, -0.05) is 5.16 Å². The zero-order valence-corrected chi connectivity index (χ0v) is 10.4. The summed E-state index contributed by atoms with van der Waals surface area (Å²) in [7, 11) is 0. The fourth-order valence-electron chi connectivity index (χ4n) is 1.70. The molecule has 1 aliphatic heterocycles. The molecule has 0 unspecified atom stereocenters. The molecule has 0 radical (unpaired) electrons. The molecule has 1 aliphatic rings. The maximum atomic E-state index is 5.54. The zero-order valence-electron chi connectivity index (χ0n) is 9.57. The van der Waals surface area contributed by atoms with Gasteiger partial charge in [0.15, 0.2) is 0 Å². The molecule has 0 amide bonds. The van der Waals surface area contributed by atoms with Gasteiger partial charge < -0.3 is 14.6 Å². The molecular formula is C11H13ClN4O2. The summed E-state index contributed by atoms with van der Waals surface area (Å²) < 4.78 is 10.7. The van der Waals surface area contributed by atoms with Crippen molar-refractivity contribution >= 4 is 12.4 Å². The lowest BCUT2D eigenvalue weighted by Gasteiger charge is -2.19. The van der Waals surface area contributed by atoms with Gasteiger partial charge in [-0.15, -0.1) is 12.4 Å². The summed E-state index contributed by atoms with van der Waals surface area (Å²) in [5.41, 5.74) is 0.839. The van der Waals surface area contributed by atoms with Gasteiger partial charge in [0.25, 0.3) is 5.89 Å². The first-order valence-corrected chi connectivity index (χ1v) is 5.50. The van der Waals surface area contributed by atoms with Gasteiger partial charge in [0, 0.05) is 31.0 Å². The molecule has 0 aromatic carbocycles. The van der Waals surface area contributed by atoms with Crippen LogP contribution in [0.3, 0.4) is 0 Å². The smallest absolute Gasteiger partial charge is 0.257 e. The second-order valence-corrected chi connectivity index (χ2v) is 3.76. The quantitative estimate of drug-likeness (QED) is 0.883. The molecule has 6 nitrogen and oxygen atoms in total. The van der Waals surface area contributed by atoms with E-state index < -0.39 is 0 Å². The summed E-state index contributed by atoms with van der Waals surface area (Å²) in [6.07, 6.45) is 3.26. The highest BCUT2D eigenvalue weighted by molar-refractivity contribution is 5.85. The average molecular weight is 269 g/mol. The molecule has 1 N–H and O–H groups in total. The van der Waals surface area contributed by atoms with Crippen molar-refractivity contribution in [3.05, 3.63) is 30.4 Å². The van der Waals surface area contributed by atoms with Gasteiger partial charge in [-0.05, 0) is 12.1 Å². The third-order valence-corrected chi connectivity index (χ3v) is 2.56. The van der Waals surface area contributed by atoms with E-state index in [1.165, 1.54) is 0 Å². The molecule has 3 heterocycles. The molecule has 0 spiro atoms. The lowest BCUT2D eigenvalue weighted by Crippen LogP contribution is -2.33. The summed E-state index contributed by atoms with van der Waals surface area (Å²) in [5.74, 6) is 1.05. The standard InChI is InChI=1S/C11H12N4O2.ClH/c1-2-8(6-12-3-1)10-14-11(17-15-10)9-7-13-4-5-16-9;/h1-3,6,9,13H,4-5,7H2;1H/t9-;/m0./s1. The topological polar surface area (TPSA) is 73.1 Å². The third-order valence-electron chi connectivity index (χ3n) is 2.56. The Hall–Kier alpha value is -1.50. The summed E-state index contributed by atoms with van der Waals surface area (Å²) in [4.78, 5) is 8.34. The molecule has 96 valence electrons. The summed E-state index contributed by atoms with van der Waals surface area (Å²) in [6, 6.07) is 3.73. The number of hydrogen-bond acceptors (Lipinski definition) is 6. The SMILES string of the molecule is Cl.c1cncc(-c2noc([C@@H]3CNCCO3)n2)c1. The summed E-state index contributed by atoms with van der Waals surface area (Å²) in [6.45, 7) is 2.23. The maximum Gasteiger partial charge on any atom is 0.257 e. The number of halogens is 1. The molecule has 2 aromatic heterocycles. The Morgan fingerprint density at radius 1 is 1.39 bits per heavy atom. The summed E-state index contributed by atoms with van der Waals surface area (Å²) in [5, 5.41) is 7.14. The van der Waals surface area contributed by atoms with Crippen molar-refractivity contribution in [3.63, 3.8) is 0 Å². The minimum atomic E-state index is -0.151. The molecule has 18 heavy (non-hydrogen) atoms. The number of nitrogens with zero attached hydrogens (tertiary/aromatic N) is 3. The Balaban J connectivity index is 0.00000120. The van der Waals surface area contributed by atoms with E-state index >= 15 is 0 Å². The normalized spacial score (nSPS) is 19.2. The Morgan fingerprint density at radius 3 is 3.06 bits per heavy atom. The van der Waals surface area contributed by atoms with E-state index in [1.807, 2.05) is 12.1 Å². The van der Waals surface area contributed by atoms with E-state index in [-0.39, 0.29) is 18.5 Å². The van der Waals surface area contributed by atoms with E-state index in [0.717, 1.165) is 12.1 Å². The highest BCUT2D eigenvalue weighted by Gasteiger charge is 2.22. The minimum Gasteiger partial charge on any atom is -0.366 e. The van der Waals surface area contributed by atoms with Crippen molar-refractivity contribution in [2.45, 2.75) is 6.10 Å². The van der Waals surface area contributed by atoms with Gasteiger partial charge in [0.2, 0.25) is 5.82 Å². The monoisotopic (exact) mass is 268 g/mol. The first-order chi connectivity index (χ1) is 8.43. The van der Waals surface area contributed by atoms with E-state index in [9.17, 15) is 0 Å². The lowest BCUT2D eigenvalue weighted by molar-refractivity contribution is 0.00755. The number of ether oxygens (including phenoxy) is 1. The predicted octanol–water partition coefficient (Wildman–Crippen LogP) is 1.21. The molecule has 2 aromatic rings. The first kappa shape index (κ1) is 12.9. The van der Waals surface area contributed by atoms with Gasteiger partial charge in [0.05, 0.1) is 6.61 Å². The van der Waals surface area contributed by atoms with Crippen molar-refractivity contribution in [2.24, 2.45) is 0 Å². The Labute approximate surface area is 110 Å². The van der Waals surface area contributed by atoms with Crippen LogP contribution >= 0.6 is 12.4 Å². The van der Waals surface area contributed by atoms with Crippen molar-refractivity contribution in [3.8, 4) is 11.4 Å². The fraction of sp³-hybridized carbons (Fsp3) is 0.364.